The van der Waals surface area contributed by atoms with Crippen molar-refractivity contribution < 1.29 is 4.79 Å². The van der Waals surface area contributed by atoms with Crippen LogP contribution in [-0.4, -0.2) is 46.9 Å². The first-order valence-electron chi connectivity index (χ1n) is 7.12. The van der Waals surface area contributed by atoms with Crippen molar-refractivity contribution >= 4 is 21.8 Å². The molecule has 0 saturated carbocycles. The third kappa shape index (κ3) is 3.54. The number of benzene rings is 1. The van der Waals surface area contributed by atoms with Gasteiger partial charge in [-0.1, -0.05) is 15.9 Å². The first-order valence-corrected chi connectivity index (χ1v) is 7.91. The molecule has 1 aromatic carbocycles. The first kappa shape index (κ1) is 14.4. The Hall–Kier alpha value is -1.59. The number of halogens is 1. The van der Waals surface area contributed by atoms with Gasteiger partial charge in [0.2, 0.25) is 0 Å². The van der Waals surface area contributed by atoms with Crippen LogP contribution in [0.4, 0.5) is 0 Å². The molecule has 2 aromatic rings. The summed E-state index contributed by atoms with van der Waals surface area (Å²) in [5, 5.41) is 0. The maximum absolute atomic E-state index is 12.4. The Kier molecular flexibility index (Phi) is 4.41. The lowest BCUT2D eigenvalue weighted by molar-refractivity contribution is 0.0627. The minimum absolute atomic E-state index is 0.127. The minimum Gasteiger partial charge on any atom is -0.364 e. The van der Waals surface area contributed by atoms with Crippen LogP contribution in [0.15, 0.2) is 47.1 Å². The molecule has 3 rings (SSSR count). The number of rotatable bonds is 3. The largest absolute Gasteiger partial charge is 0.364 e. The lowest BCUT2D eigenvalue weighted by Gasteiger charge is -2.34. The molecule has 0 radical (unpaired) electrons. The van der Waals surface area contributed by atoms with Crippen molar-refractivity contribution in [3.8, 4) is 0 Å². The van der Waals surface area contributed by atoms with Crippen molar-refractivity contribution in [1.82, 2.24) is 14.8 Å². The van der Waals surface area contributed by atoms with Gasteiger partial charge in [0.25, 0.3) is 5.91 Å². The molecule has 21 heavy (non-hydrogen) atoms. The fourth-order valence-electron chi connectivity index (χ4n) is 2.59. The Balaban J connectivity index is 1.55. The summed E-state index contributed by atoms with van der Waals surface area (Å²) in [6.45, 7) is 4.33. The molecule has 2 heterocycles. The predicted octanol–water partition coefficient (Wildman–Crippen LogP) is 2.74. The molecule has 1 fully saturated rings. The van der Waals surface area contributed by atoms with Gasteiger partial charge in [0.05, 0.1) is 0 Å². The quantitative estimate of drug-likeness (QED) is 0.927. The van der Waals surface area contributed by atoms with Crippen molar-refractivity contribution in [1.29, 1.82) is 0 Å². The summed E-state index contributed by atoms with van der Waals surface area (Å²) in [6, 6.07) is 11.7. The Bertz CT molecular complexity index is 586. The maximum Gasteiger partial charge on any atom is 0.253 e. The molecule has 1 aliphatic rings. The second kappa shape index (κ2) is 6.45. The third-order valence-electron chi connectivity index (χ3n) is 3.81. The van der Waals surface area contributed by atoms with E-state index in [1.807, 2.05) is 41.4 Å². The summed E-state index contributed by atoms with van der Waals surface area (Å²) in [6.07, 6.45) is 1.95. The molecule has 0 atom stereocenters. The second-order valence-electron chi connectivity index (χ2n) is 5.27. The topological polar surface area (TPSA) is 39.3 Å². The average Bonchev–Trinajstić information content (AvgIpc) is 3.01. The van der Waals surface area contributed by atoms with Gasteiger partial charge in [-0.3, -0.25) is 9.69 Å². The zero-order chi connectivity index (χ0) is 14.7. The molecule has 1 N–H and O–H groups in total. The Labute approximate surface area is 132 Å². The normalized spacial score (nSPS) is 16.1. The van der Waals surface area contributed by atoms with Crippen LogP contribution >= 0.6 is 15.9 Å². The Morgan fingerprint density at radius 3 is 2.43 bits per heavy atom. The number of nitrogens with zero attached hydrogens (tertiary/aromatic N) is 2. The van der Waals surface area contributed by atoms with E-state index in [2.05, 4.69) is 31.9 Å². The molecule has 1 aliphatic heterocycles. The fraction of sp³-hybridized carbons (Fsp3) is 0.312. The van der Waals surface area contributed by atoms with E-state index in [1.54, 1.807) is 0 Å². The summed E-state index contributed by atoms with van der Waals surface area (Å²) in [4.78, 5) is 20.0. The van der Waals surface area contributed by atoms with Crippen LogP contribution in [0.1, 0.15) is 16.1 Å². The standard InChI is InChI=1S/C16H18BrN3O/c17-14-5-3-13(4-6-14)16(21)20-10-8-19(9-11-20)12-15-2-1-7-18-15/h1-7,18H,8-12H2. The molecule has 0 bridgehead atoms. The molecule has 0 aliphatic carbocycles. The van der Waals surface area contributed by atoms with E-state index >= 15 is 0 Å². The Morgan fingerprint density at radius 1 is 1.10 bits per heavy atom. The van der Waals surface area contributed by atoms with Crippen molar-refractivity contribution in [2.45, 2.75) is 6.54 Å². The van der Waals surface area contributed by atoms with Crippen molar-refractivity contribution in [2.24, 2.45) is 0 Å². The highest BCUT2D eigenvalue weighted by atomic mass is 79.9. The number of amides is 1. The van der Waals surface area contributed by atoms with Crippen LogP contribution in [-0.2, 0) is 6.54 Å². The van der Waals surface area contributed by atoms with Gasteiger partial charge in [-0.15, -0.1) is 0 Å². The van der Waals surface area contributed by atoms with Crippen LogP contribution < -0.4 is 0 Å². The van der Waals surface area contributed by atoms with E-state index < -0.39 is 0 Å². The van der Waals surface area contributed by atoms with Crippen LogP contribution in [0.5, 0.6) is 0 Å². The van der Waals surface area contributed by atoms with Crippen molar-refractivity contribution in [3.63, 3.8) is 0 Å². The number of hydrogen-bond donors (Lipinski definition) is 1. The van der Waals surface area contributed by atoms with E-state index in [0.717, 1.165) is 42.8 Å². The van der Waals surface area contributed by atoms with Crippen molar-refractivity contribution in [2.75, 3.05) is 26.2 Å². The molecular formula is C16H18BrN3O. The van der Waals surface area contributed by atoms with Gasteiger partial charge >= 0.3 is 0 Å². The number of aromatic amines is 1. The second-order valence-corrected chi connectivity index (χ2v) is 6.19. The number of carbonyl (C=O) groups excluding carboxylic acids is 1. The molecule has 1 amide bonds. The summed E-state index contributed by atoms with van der Waals surface area (Å²) >= 11 is 3.39. The van der Waals surface area contributed by atoms with E-state index in [4.69, 9.17) is 0 Å². The van der Waals surface area contributed by atoms with E-state index in [9.17, 15) is 4.79 Å². The number of hydrogen-bond acceptors (Lipinski definition) is 2. The molecule has 5 heteroatoms. The number of nitrogens with one attached hydrogen (secondary N) is 1. The highest BCUT2D eigenvalue weighted by Crippen LogP contribution is 2.14. The lowest BCUT2D eigenvalue weighted by Crippen LogP contribution is -2.48. The van der Waals surface area contributed by atoms with Crippen molar-refractivity contribution in [3.05, 3.63) is 58.3 Å². The van der Waals surface area contributed by atoms with Crippen LogP contribution in [0.2, 0.25) is 0 Å². The zero-order valence-corrected chi connectivity index (χ0v) is 13.3. The number of piperazine rings is 1. The molecule has 4 nitrogen and oxygen atoms in total. The molecule has 110 valence electrons. The Morgan fingerprint density at radius 2 is 1.81 bits per heavy atom. The minimum atomic E-state index is 0.127. The van der Waals surface area contributed by atoms with Gasteiger partial charge in [-0.2, -0.15) is 0 Å². The summed E-state index contributed by atoms with van der Waals surface area (Å²) in [5.74, 6) is 0.127. The van der Waals surface area contributed by atoms with Gasteiger partial charge < -0.3 is 9.88 Å². The molecule has 0 spiro atoms. The van der Waals surface area contributed by atoms with Gasteiger partial charge in [0, 0.05) is 54.7 Å². The highest BCUT2D eigenvalue weighted by molar-refractivity contribution is 9.10. The predicted molar refractivity (Wildman–Crippen MR) is 86.1 cm³/mol. The smallest absolute Gasteiger partial charge is 0.253 e. The lowest BCUT2D eigenvalue weighted by atomic mass is 10.2. The van der Waals surface area contributed by atoms with E-state index in [0.29, 0.717) is 0 Å². The highest BCUT2D eigenvalue weighted by Gasteiger charge is 2.22. The molecule has 0 unspecified atom stereocenters. The van der Waals surface area contributed by atoms with E-state index in [1.165, 1.54) is 5.69 Å². The van der Waals surface area contributed by atoms with Gasteiger partial charge in [-0.25, -0.2) is 0 Å². The van der Waals surface area contributed by atoms with Crippen LogP contribution in [0, 0.1) is 0 Å². The molecular weight excluding hydrogens is 330 g/mol. The number of carbonyl (C=O) groups is 1. The summed E-state index contributed by atoms with van der Waals surface area (Å²) in [5.41, 5.74) is 1.98. The third-order valence-corrected chi connectivity index (χ3v) is 4.34. The number of H-pyrrole nitrogens is 1. The summed E-state index contributed by atoms with van der Waals surface area (Å²) < 4.78 is 0.995. The SMILES string of the molecule is O=C(c1ccc(Br)cc1)N1CCN(Cc2ccc[nH]2)CC1. The zero-order valence-electron chi connectivity index (χ0n) is 11.8. The fourth-order valence-corrected chi connectivity index (χ4v) is 2.86. The summed E-state index contributed by atoms with van der Waals surface area (Å²) in [7, 11) is 0. The first-order chi connectivity index (χ1) is 10.2. The van der Waals surface area contributed by atoms with Crippen LogP contribution in [0.3, 0.4) is 0 Å². The molecule has 1 aromatic heterocycles. The number of aromatic nitrogens is 1. The molecule has 1 saturated heterocycles. The van der Waals surface area contributed by atoms with Gasteiger partial charge in [0.15, 0.2) is 0 Å². The van der Waals surface area contributed by atoms with Crippen LogP contribution in [0.25, 0.3) is 0 Å². The van der Waals surface area contributed by atoms with Gasteiger partial charge in [-0.05, 0) is 36.4 Å². The monoisotopic (exact) mass is 347 g/mol. The maximum atomic E-state index is 12.4. The average molecular weight is 348 g/mol. The van der Waals surface area contributed by atoms with E-state index in [-0.39, 0.29) is 5.91 Å². The van der Waals surface area contributed by atoms with Gasteiger partial charge in [0.1, 0.15) is 0 Å².